The molecular formula is C21H35N3O4. The third kappa shape index (κ3) is 4.97. The van der Waals surface area contributed by atoms with Crippen LogP contribution in [0.2, 0.25) is 0 Å². The van der Waals surface area contributed by atoms with Crippen molar-refractivity contribution in [1.29, 1.82) is 0 Å². The summed E-state index contributed by atoms with van der Waals surface area (Å²) in [5, 5.41) is 0. The van der Waals surface area contributed by atoms with Crippen molar-refractivity contribution in [2.75, 3.05) is 32.7 Å². The second-order valence-corrected chi connectivity index (χ2v) is 9.32. The summed E-state index contributed by atoms with van der Waals surface area (Å²) in [4.78, 5) is 43.5. The predicted octanol–water partition coefficient (Wildman–Crippen LogP) is 2.64. The lowest BCUT2D eigenvalue weighted by Gasteiger charge is -2.39. The van der Waals surface area contributed by atoms with Crippen molar-refractivity contribution in [2.24, 2.45) is 5.92 Å². The summed E-state index contributed by atoms with van der Waals surface area (Å²) in [7, 11) is 0. The quantitative estimate of drug-likeness (QED) is 0.723. The van der Waals surface area contributed by atoms with E-state index >= 15 is 0 Å². The summed E-state index contributed by atoms with van der Waals surface area (Å²) in [6, 6.07) is -0.435. The van der Waals surface area contributed by atoms with Gasteiger partial charge in [-0.3, -0.25) is 14.5 Å². The van der Waals surface area contributed by atoms with E-state index in [0.29, 0.717) is 39.1 Å². The van der Waals surface area contributed by atoms with Gasteiger partial charge in [0.2, 0.25) is 11.8 Å². The average molecular weight is 394 g/mol. The molecule has 3 fully saturated rings. The molecule has 2 aliphatic heterocycles. The van der Waals surface area contributed by atoms with Crippen LogP contribution in [-0.4, -0.2) is 77.0 Å². The third-order valence-electron chi connectivity index (χ3n) is 6.02. The van der Waals surface area contributed by atoms with Crippen LogP contribution in [0.15, 0.2) is 0 Å². The second kappa shape index (κ2) is 8.70. The number of rotatable bonds is 2. The van der Waals surface area contributed by atoms with Crippen molar-refractivity contribution in [1.82, 2.24) is 14.7 Å². The number of carbonyl (C=O) groups excluding carboxylic acids is 3. The lowest BCUT2D eigenvalue weighted by molar-refractivity contribution is -0.144. The fourth-order valence-corrected chi connectivity index (χ4v) is 4.53. The van der Waals surface area contributed by atoms with Crippen molar-refractivity contribution in [2.45, 2.75) is 77.4 Å². The zero-order valence-corrected chi connectivity index (χ0v) is 17.6. The van der Waals surface area contributed by atoms with E-state index in [0.717, 1.165) is 32.1 Å². The van der Waals surface area contributed by atoms with Crippen molar-refractivity contribution in [3.05, 3.63) is 0 Å². The first-order valence-corrected chi connectivity index (χ1v) is 10.8. The highest BCUT2D eigenvalue weighted by molar-refractivity contribution is 5.87. The summed E-state index contributed by atoms with van der Waals surface area (Å²) in [6.45, 7) is 8.36. The van der Waals surface area contributed by atoms with Gasteiger partial charge in [-0.1, -0.05) is 19.3 Å². The fourth-order valence-electron chi connectivity index (χ4n) is 4.53. The highest BCUT2D eigenvalue weighted by Gasteiger charge is 2.39. The second-order valence-electron chi connectivity index (χ2n) is 9.32. The number of piperazine rings is 1. The normalized spacial score (nSPS) is 24.4. The van der Waals surface area contributed by atoms with E-state index in [1.54, 1.807) is 4.90 Å². The minimum absolute atomic E-state index is 0.00637. The molecule has 158 valence electrons. The minimum Gasteiger partial charge on any atom is -0.444 e. The molecular weight excluding hydrogens is 358 g/mol. The van der Waals surface area contributed by atoms with Crippen molar-refractivity contribution < 1.29 is 19.1 Å². The van der Waals surface area contributed by atoms with E-state index in [2.05, 4.69) is 0 Å². The van der Waals surface area contributed by atoms with Gasteiger partial charge in [-0.2, -0.15) is 0 Å². The Morgan fingerprint density at radius 3 is 1.89 bits per heavy atom. The molecule has 0 aromatic rings. The average Bonchev–Trinajstić information content (AvgIpc) is 3.16. The van der Waals surface area contributed by atoms with E-state index in [1.165, 1.54) is 6.42 Å². The number of hydrogen-bond acceptors (Lipinski definition) is 4. The number of likely N-dealkylation sites (tertiary alicyclic amines) is 1. The maximum Gasteiger partial charge on any atom is 0.410 e. The smallest absolute Gasteiger partial charge is 0.410 e. The Labute approximate surface area is 168 Å². The highest BCUT2D eigenvalue weighted by atomic mass is 16.6. The first-order chi connectivity index (χ1) is 13.3. The van der Waals surface area contributed by atoms with Gasteiger partial charge < -0.3 is 14.5 Å². The van der Waals surface area contributed by atoms with Gasteiger partial charge in [0.15, 0.2) is 0 Å². The first-order valence-electron chi connectivity index (χ1n) is 10.8. The molecule has 0 spiro atoms. The van der Waals surface area contributed by atoms with Crippen molar-refractivity contribution >= 4 is 17.9 Å². The van der Waals surface area contributed by atoms with E-state index in [1.807, 2.05) is 30.6 Å². The summed E-state index contributed by atoms with van der Waals surface area (Å²) in [5.74, 6) is 0.435. The van der Waals surface area contributed by atoms with Gasteiger partial charge in [0.25, 0.3) is 0 Å². The molecule has 3 aliphatic rings. The molecule has 2 saturated heterocycles. The molecule has 3 amide bonds. The van der Waals surface area contributed by atoms with Gasteiger partial charge >= 0.3 is 6.09 Å². The number of nitrogens with zero attached hydrogens (tertiary/aromatic N) is 3. The van der Waals surface area contributed by atoms with Gasteiger partial charge in [-0.05, 0) is 46.5 Å². The Morgan fingerprint density at radius 2 is 1.32 bits per heavy atom. The zero-order valence-electron chi connectivity index (χ0n) is 17.6. The molecule has 7 heteroatoms. The molecule has 0 radical (unpaired) electrons. The SMILES string of the molecule is CC(C)(C)OC(=O)N1CCCC1C(=O)N1CCN(C(=O)C2CCCCC2)CC1. The largest absolute Gasteiger partial charge is 0.444 e. The van der Waals surface area contributed by atoms with Crippen LogP contribution >= 0.6 is 0 Å². The predicted molar refractivity (Wildman–Crippen MR) is 106 cm³/mol. The van der Waals surface area contributed by atoms with Crippen LogP contribution in [-0.2, 0) is 14.3 Å². The van der Waals surface area contributed by atoms with Crippen LogP contribution in [0.5, 0.6) is 0 Å². The molecule has 0 aromatic carbocycles. The fraction of sp³-hybridized carbons (Fsp3) is 0.857. The van der Waals surface area contributed by atoms with Gasteiger partial charge in [0.1, 0.15) is 11.6 Å². The zero-order chi connectivity index (χ0) is 20.3. The van der Waals surface area contributed by atoms with Crippen LogP contribution in [0.4, 0.5) is 4.79 Å². The van der Waals surface area contributed by atoms with Crippen LogP contribution < -0.4 is 0 Å². The number of carbonyl (C=O) groups is 3. The molecule has 0 aromatic heterocycles. The lowest BCUT2D eigenvalue weighted by atomic mass is 9.88. The summed E-state index contributed by atoms with van der Waals surface area (Å²) in [6.07, 6.45) is 6.63. The van der Waals surface area contributed by atoms with Crippen LogP contribution in [0, 0.1) is 5.92 Å². The maximum atomic E-state index is 13.0. The molecule has 2 heterocycles. The molecule has 28 heavy (non-hydrogen) atoms. The first kappa shape index (κ1) is 20.9. The topological polar surface area (TPSA) is 70.2 Å². The van der Waals surface area contributed by atoms with Crippen LogP contribution in [0.3, 0.4) is 0 Å². The van der Waals surface area contributed by atoms with Gasteiger partial charge in [-0.15, -0.1) is 0 Å². The monoisotopic (exact) mass is 393 g/mol. The summed E-state index contributed by atoms with van der Waals surface area (Å²) in [5.41, 5.74) is -0.571. The standard InChI is InChI=1S/C21H35N3O4/c1-21(2,3)28-20(27)24-11-7-10-17(24)19(26)23-14-12-22(13-15-23)18(25)16-8-5-4-6-9-16/h16-17H,4-15H2,1-3H3. The van der Waals surface area contributed by atoms with Crippen molar-refractivity contribution in [3.8, 4) is 0 Å². The molecule has 1 unspecified atom stereocenters. The minimum atomic E-state index is -0.571. The number of amides is 3. The molecule has 1 saturated carbocycles. The Hall–Kier alpha value is -1.79. The van der Waals surface area contributed by atoms with E-state index in [-0.39, 0.29) is 17.7 Å². The van der Waals surface area contributed by atoms with Crippen molar-refractivity contribution in [3.63, 3.8) is 0 Å². The van der Waals surface area contributed by atoms with Crippen LogP contribution in [0.25, 0.3) is 0 Å². The molecule has 3 rings (SSSR count). The Balaban J connectivity index is 1.52. The highest BCUT2D eigenvalue weighted by Crippen LogP contribution is 2.27. The molecule has 0 bridgehead atoms. The maximum absolute atomic E-state index is 13.0. The van der Waals surface area contributed by atoms with E-state index in [9.17, 15) is 14.4 Å². The summed E-state index contributed by atoms with van der Waals surface area (Å²) < 4.78 is 5.47. The number of hydrogen-bond donors (Lipinski definition) is 0. The summed E-state index contributed by atoms with van der Waals surface area (Å²) >= 11 is 0. The third-order valence-corrected chi connectivity index (χ3v) is 6.02. The molecule has 7 nitrogen and oxygen atoms in total. The Morgan fingerprint density at radius 1 is 0.750 bits per heavy atom. The Kier molecular flexibility index (Phi) is 6.50. The molecule has 1 aliphatic carbocycles. The van der Waals surface area contributed by atoms with Gasteiger partial charge in [-0.25, -0.2) is 4.79 Å². The molecule has 0 N–H and O–H groups in total. The van der Waals surface area contributed by atoms with Crippen LogP contribution in [0.1, 0.15) is 65.7 Å². The lowest BCUT2D eigenvalue weighted by Crippen LogP contribution is -2.56. The Bertz CT molecular complexity index is 587. The number of ether oxygens (including phenoxy) is 1. The van der Waals surface area contributed by atoms with E-state index < -0.39 is 17.7 Å². The van der Waals surface area contributed by atoms with Gasteiger partial charge in [0, 0.05) is 38.6 Å². The molecule has 1 atom stereocenters. The van der Waals surface area contributed by atoms with Gasteiger partial charge in [0.05, 0.1) is 0 Å². The van der Waals surface area contributed by atoms with E-state index in [4.69, 9.17) is 4.74 Å².